The van der Waals surface area contributed by atoms with Crippen LogP contribution in [-0.2, 0) is 9.59 Å². The number of rotatable bonds is 5. The maximum Gasteiger partial charge on any atom is 1.00 e. The van der Waals surface area contributed by atoms with E-state index in [1.807, 2.05) is 0 Å². The van der Waals surface area contributed by atoms with Crippen molar-refractivity contribution in [1.82, 2.24) is 0 Å². The van der Waals surface area contributed by atoms with Crippen LogP contribution in [0.2, 0.25) is 0 Å². The van der Waals surface area contributed by atoms with E-state index in [4.69, 9.17) is 0 Å². The summed E-state index contributed by atoms with van der Waals surface area (Å²) < 4.78 is 0. The van der Waals surface area contributed by atoms with E-state index < -0.39 is 5.97 Å². The van der Waals surface area contributed by atoms with Crippen molar-refractivity contribution in [2.24, 2.45) is 11.8 Å². The second-order valence-corrected chi connectivity index (χ2v) is 4.19. The molecule has 0 heterocycles. The number of carbonyl (C=O) groups is 2. The van der Waals surface area contributed by atoms with Crippen LogP contribution >= 0.6 is 0 Å². The second-order valence-electron chi connectivity index (χ2n) is 4.19. The van der Waals surface area contributed by atoms with Crippen molar-refractivity contribution >= 4 is 11.8 Å². The monoisotopic (exact) mass is 236 g/mol. The van der Waals surface area contributed by atoms with Gasteiger partial charge in [-0.25, -0.2) is 0 Å². The van der Waals surface area contributed by atoms with Crippen LogP contribution < -0.4 is 56.5 Å². The Kier molecular flexibility index (Phi) is 8.37. The van der Waals surface area contributed by atoms with Crippen LogP contribution in [0.15, 0.2) is 0 Å². The number of aliphatic carboxylic acids is 1. The van der Waals surface area contributed by atoms with Gasteiger partial charge in [0.05, 0.1) is 0 Å². The summed E-state index contributed by atoms with van der Waals surface area (Å²) in [7, 11) is 0. The maximum atomic E-state index is 11.2. The van der Waals surface area contributed by atoms with Gasteiger partial charge < -0.3 is 9.90 Å². The standard InChI is InChI=1S/C11H18O3.K/c1-2-3-4-8-5-10(12)6-9(8)7-11(13)14;/h8-9H,2-7H2,1H3,(H,13,14);/q;+1/p-1. The number of unbranched alkanes of at least 4 members (excludes halogenated alkanes) is 1. The van der Waals surface area contributed by atoms with E-state index in [1.165, 1.54) is 0 Å². The quantitative estimate of drug-likeness (QED) is 0.515. The molecule has 0 amide bonds. The summed E-state index contributed by atoms with van der Waals surface area (Å²) in [6.07, 6.45) is 4.25. The van der Waals surface area contributed by atoms with Gasteiger partial charge in [0.15, 0.2) is 0 Å². The minimum absolute atomic E-state index is 0. The minimum atomic E-state index is -1.02. The van der Waals surface area contributed by atoms with Crippen LogP contribution in [-0.4, -0.2) is 11.8 Å². The molecule has 0 aliphatic heterocycles. The summed E-state index contributed by atoms with van der Waals surface area (Å²) in [5.74, 6) is -0.469. The Morgan fingerprint density at radius 1 is 1.40 bits per heavy atom. The van der Waals surface area contributed by atoms with Crippen molar-refractivity contribution in [2.45, 2.75) is 45.4 Å². The van der Waals surface area contributed by atoms with Crippen molar-refractivity contribution in [3.8, 4) is 0 Å². The van der Waals surface area contributed by atoms with Gasteiger partial charge in [0, 0.05) is 18.8 Å². The van der Waals surface area contributed by atoms with Gasteiger partial charge in [-0.3, -0.25) is 4.79 Å². The molecule has 1 fully saturated rings. The van der Waals surface area contributed by atoms with E-state index in [9.17, 15) is 14.7 Å². The molecular formula is C11H17KO3. The Morgan fingerprint density at radius 2 is 2.00 bits per heavy atom. The van der Waals surface area contributed by atoms with Crippen LogP contribution in [0.25, 0.3) is 0 Å². The SMILES string of the molecule is CCCCC1CC(=O)CC1CC(=O)[O-].[K+]. The van der Waals surface area contributed by atoms with Crippen molar-refractivity contribution in [2.75, 3.05) is 0 Å². The van der Waals surface area contributed by atoms with Gasteiger partial charge in [0.25, 0.3) is 0 Å². The predicted octanol–water partition coefficient (Wildman–Crippen LogP) is -2.08. The zero-order valence-electron chi connectivity index (χ0n) is 9.62. The van der Waals surface area contributed by atoms with E-state index in [1.54, 1.807) is 0 Å². The topological polar surface area (TPSA) is 57.2 Å². The number of carboxylic acids is 1. The molecule has 4 heteroatoms. The molecule has 0 spiro atoms. The summed E-state index contributed by atoms with van der Waals surface area (Å²) in [5, 5.41) is 10.5. The Hall–Kier alpha value is 0.776. The smallest absolute Gasteiger partial charge is 0.550 e. The number of Topliss-reactive ketones (excluding diaryl/α,β-unsaturated/α-hetero) is 1. The first kappa shape index (κ1) is 15.8. The Labute approximate surface area is 133 Å². The van der Waals surface area contributed by atoms with Crippen molar-refractivity contribution in [3.63, 3.8) is 0 Å². The average Bonchev–Trinajstić information content (AvgIpc) is 2.41. The van der Waals surface area contributed by atoms with Crippen LogP contribution in [0.5, 0.6) is 0 Å². The summed E-state index contributed by atoms with van der Waals surface area (Å²) >= 11 is 0. The average molecular weight is 236 g/mol. The Balaban J connectivity index is 0.00000196. The third-order valence-corrected chi connectivity index (χ3v) is 3.00. The molecule has 3 nitrogen and oxygen atoms in total. The first-order valence-corrected chi connectivity index (χ1v) is 5.35. The van der Waals surface area contributed by atoms with Gasteiger partial charge in [-0.1, -0.05) is 19.8 Å². The molecule has 1 aliphatic carbocycles. The second kappa shape index (κ2) is 7.95. The van der Waals surface area contributed by atoms with E-state index in [2.05, 4.69) is 6.92 Å². The number of hydrogen-bond donors (Lipinski definition) is 0. The van der Waals surface area contributed by atoms with E-state index in [0.717, 1.165) is 19.3 Å². The van der Waals surface area contributed by atoms with E-state index in [0.29, 0.717) is 18.8 Å². The predicted molar refractivity (Wildman–Crippen MR) is 50.4 cm³/mol. The first-order chi connectivity index (χ1) is 6.63. The summed E-state index contributed by atoms with van der Waals surface area (Å²) in [6.45, 7) is 2.10. The van der Waals surface area contributed by atoms with Crippen molar-refractivity contribution in [1.29, 1.82) is 0 Å². The van der Waals surface area contributed by atoms with Crippen LogP contribution in [0.4, 0.5) is 0 Å². The van der Waals surface area contributed by atoms with Gasteiger partial charge in [-0.15, -0.1) is 0 Å². The fourth-order valence-electron chi connectivity index (χ4n) is 2.26. The summed E-state index contributed by atoms with van der Waals surface area (Å²) in [6, 6.07) is 0. The van der Waals surface area contributed by atoms with Gasteiger partial charge >= 0.3 is 51.4 Å². The fraction of sp³-hybridized carbons (Fsp3) is 0.818. The molecule has 0 aromatic carbocycles. The molecule has 0 aromatic heterocycles. The van der Waals surface area contributed by atoms with Crippen LogP contribution in [0.3, 0.4) is 0 Å². The van der Waals surface area contributed by atoms with Crippen LogP contribution in [0.1, 0.15) is 45.4 Å². The number of hydrogen-bond acceptors (Lipinski definition) is 3. The molecule has 2 unspecified atom stereocenters. The number of carboxylic acid groups (broad SMARTS) is 1. The number of ketones is 1. The van der Waals surface area contributed by atoms with E-state index in [-0.39, 0.29) is 69.5 Å². The Morgan fingerprint density at radius 3 is 2.53 bits per heavy atom. The molecule has 0 aromatic rings. The number of carbonyl (C=O) groups excluding carboxylic acids is 2. The molecule has 1 rings (SSSR count). The molecule has 1 aliphatic rings. The molecule has 2 atom stereocenters. The third kappa shape index (κ3) is 5.59. The van der Waals surface area contributed by atoms with Crippen molar-refractivity contribution in [3.05, 3.63) is 0 Å². The largest absolute Gasteiger partial charge is 1.00 e. The fourth-order valence-corrected chi connectivity index (χ4v) is 2.26. The minimum Gasteiger partial charge on any atom is -0.550 e. The van der Waals surface area contributed by atoms with Gasteiger partial charge in [0.2, 0.25) is 0 Å². The molecule has 0 saturated heterocycles. The van der Waals surface area contributed by atoms with Crippen molar-refractivity contribution < 1.29 is 66.1 Å². The van der Waals surface area contributed by atoms with Gasteiger partial charge in [-0.05, 0) is 24.7 Å². The summed E-state index contributed by atoms with van der Waals surface area (Å²) in [4.78, 5) is 21.7. The van der Waals surface area contributed by atoms with E-state index >= 15 is 0 Å². The molecule has 15 heavy (non-hydrogen) atoms. The van der Waals surface area contributed by atoms with Gasteiger partial charge in [0.1, 0.15) is 5.78 Å². The molecule has 1 saturated carbocycles. The molecular weight excluding hydrogens is 219 g/mol. The molecule has 0 radical (unpaired) electrons. The normalized spacial score (nSPS) is 25.0. The zero-order valence-corrected chi connectivity index (χ0v) is 12.7. The Bertz CT molecular complexity index is 228. The molecule has 0 bridgehead atoms. The van der Waals surface area contributed by atoms with Crippen LogP contribution in [0, 0.1) is 11.8 Å². The zero-order chi connectivity index (χ0) is 10.6. The maximum absolute atomic E-state index is 11.2. The molecule has 80 valence electrons. The van der Waals surface area contributed by atoms with Gasteiger partial charge in [-0.2, -0.15) is 0 Å². The molecule has 0 N–H and O–H groups in total. The summed E-state index contributed by atoms with van der Waals surface area (Å²) in [5.41, 5.74) is 0. The first-order valence-electron chi connectivity index (χ1n) is 5.35. The third-order valence-electron chi connectivity index (χ3n) is 3.00.